The highest BCUT2D eigenvalue weighted by Gasteiger charge is 2.17. The van der Waals surface area contributed by atoms with E-state index >= 15 is 0 Å². The molecule has 0 amide bonds. The molecule has 0 saturated carbocycles. The predicted octanol–water partition coefficient (Wildman–Crippen LogP) is 6.76. The van der Waals surface area contributed by atoms with Crippen LogP contribution in [0.4, 0.5) is 0 Å². The van der Waals surface area contributed by atoms with E-state index in [1.165, 1.54) is 40.9 Å². The van der Waals surface area contributed by atoms with Gasteiger partial charge in [0.15, 0.2) is 0 Å². The molecule has 2 heteroatoms. The fourth-order valence-corrected chi connectivity index (χ4v) is 4.58. The summed E-state index contributed by atoms with van der Waals surface area (Å²) in [6, 6.07) is 15.2. The van der Waals surface area contributed by atoms with E-state index in [2.05, 4.69) is 62.9 Å². The molecule has 0 unspecified atom stereocenters. The first kappa shape index (κ1) is 18.5. The van der Waals surface area contributed by atoms with Gasteiger partial charge in [-0.1, -0.05) is 68.1 Å². The normalized spacial score (nSPS) is 13.3. The summed E-state index contributed by atoms with van der Waals surface area (Å²) >= 11 is 1.71. The van der Waals surface area contributed by atoms with Gasteiger partial charge in [0.2, 0.25) is 0 Å². The first-order chi connectivity index (χ1) is 12.7. The molecule has 1 aliphatic carbocycles. The van der Waals surface area contributed by atoms with Crippen LogP contribution in [-0.4, -0.2) is 0 Å². The van der Waals surface area contributed by atoms with E-state index < -0.39 is 0 Å². The van der Waals surface area contributed by atoms with Crippen LogP contribution in [0.15, 0.2) is 49.1 Å². The molecule has 0 radical (unpaired) electrons. The van der Waals surface area contributed by atoms with E-state index in [0.29, 0.717) is 0 Å². The molecule has 2 aromatic rings. The third-order valence-electron chi connectivity index (χ3n) is 4.98. The topological polar surface area (TPSA) is 23.8 Å². The molecule has 26 heavy (non-hydrogen) atoms. The number of allylic oxidation sites excluding steroid dienone is 1. The van der Waals surface area contributed by atoms with Gasteiger partial charge in [-0.3, -0.25) is 0 Å². The summed E-state index contributed by atoms with van der Waals surface area (Å²) in [4.78, 5) is 2.25. The Morgan fingerprint density at radius 1 is 1.27 bits per heavy atom. The fraction of sp³-hybridized carbons (Fsp3) is 0.292. The van der Waals surface area contributed by atoms with Crippen molar-refractivity contribution in [2.24, 2.45) is 0 Å². The Balaban J connectivity index is 1.85. The Kier molecular flexibility index (Phi) is 6.01. The van der Waals surface area contributed by atoms with Gasteiger partial charge in [-0.15, -0.1) is 0 Å². The molecule has 0 fully saturated rings. The fourth-order valence-electron chi connectivity index (χ4n) is 3.65. The van der Waals surface area contributed by atoms with Crippen molar-refractivity contribution in [3.63, 3.8) is 0 Å². The van der Waals surface area contributed by atoms with E-state index in [-0.39, 0.29) is 0 Å². The highest BCUT2D eigenvalue weighted by Crippen LogP contribution is 2.41. The van der Waals surface area contributed by atoms with Gasteiger partial charge in [-0.2, -0.15) is 5.26 Å². The smallest absolute Gasteiger partial charge is 0.0994 e. The third-order valence-corrected chi connectivity index (χ3v) is 6.14. The zero-order chi connectivity index (χ0) is 18.5. The van der Waals surface area contributed by atoms with Crippen molar-refractivity contribution in [2.45, 2.75) is 46.0 Å². The summed E-state index contributed by atoms with van der Waals surface area (Å²) in [5.41, 5.74) is 7.27. The van der Waals surface area contributed by atoms with Gasteiger partial charge in [0.05, 0.1) is 11.6 Å². The SMILES string of the molecule is C=C(S/C(=C\C)c1cccc2c1CCC2)c1ccc(CCC)c(C#N)c1. The van der Waals surface area contributed by atoms with Gasteiger partial charge >= 0.3 is 0 Å². The van der Waals surface area contributed by atoms with Gasteiger partial charge in [-0.25, -0.2) is 0 Å². The third kappa shape index (κ3) is 3.79. The van der Waals surface area contributed by atoms with E-state index in [9.17, 15) is 5.26 Å². The lowest BCUT2D eigenvalue weighted by Crippen LogP contribution is -1.93. The van der Waals surface area contributed by atoms with Gasteiger partial charge < -0.3 is 0 Å². The van der Waals surface area contributed by atoms with Crippen LogP contribution in [0.5, 0.6) is 0 Å². The number of aryl methyl sites for hydroxylation is 2. The Morgan fingerprint density at radius 3 is 2.85 bits per heavy atom. The van der Waals surface area contributed by atoms with Crippen LogP contribution >= 0.6 is 11.8 Å². The van der Waals surface area contributed by atoms with Crippen molar-refractivity contribution in [2.75, 3.05) is 0 Å². The number of rotatable bonds is 6. The molecule has 0 aromatic heterocycles. The van der Waals surface area contributed by atoms with Crippen molar-refractivity contribution in [3.05, 3.63) is 82.4 Å². The number of hydrogen-bond acceptors (Lipinski definition) is 2. The van der Waals surface area contributed by atoms with Gasteiger partial charge in [0.25, 0.3) is 0 Å². The van der Waals surface area contributed by atoms with Crippen LogP contribution in [0.3, 0.4) is 0 Å². The molecule has 0 bridgehead atoms. The second kappa shape index (κ2) is 8.43. The minimum atomic E-state index is 0.772. The second-order valence-corrected chi connectivity index (χ2v) is 7.85. The summed E-state index contributed by atoms with van der Waals surface area (Å²) in [6.07, 6.45) is 7.78. The number of fused-ring (bicyclic) bond motifs is 1. The highest BCUT2D eigenvalue weighted by atomic mass is 32.2. The standard InChI is InChI=1S/C24H25NS/c1-4-8-18-13-14-20(15-21(18)16-25)17(3)26-24(5-2)23-12-7-10-19-9-6-11-22(19)23/h5,7,10,12-15H,3-4,6,8-9,11H2,1-2H3/b24-5-. The number of thioether (sulfide) groups is 1. The maximum atomic E-state index is 9.47. The average molecular weight is 360 g/mol. The molecular weight excluding hydrogens is 334 g/mol. The summed E-state index contributed by atoms with van der Waals surface area (Å²) in [5, 5.41) is 9.47. The Hall–Kier alpha value is -2.24. The number of hydrogen-bond donors (Lipinski definition) is 0. The lowest BCUT2D eigenvalue weighted by Gasteiger charge is -2.14. The van der Waals surface area contributed by atoms with Gasteiger partial charge in [0.1, 0.15) is 0 Å². The van der Waals surface area contributed by atoms with Crippen LogP contribution in [0.1, 0.15) is 60.1 Å². The molecule has 0 atom stereocenters. The molecule has 132 valence electrons. The van der Waals surface area contributed by atoms with Crippen LogP contribution in [0, 0.1) is 11.3 Å². The summed E-state index contributed by atoms with van der Waals surface area (Å²) in [7, 11) is 0. The molecule has 0 N–H and O–H groups in total. The lowest BCUT2D eigenvalue weighted by atomic mass is 10.0. The molecule has 1 aliphatic rings. The second-order valence-electron chi connectivity index (χ2n) is 6.71. The maximum absolute atomic E-state index is 9.47. The lowest BCUT2D eigenvalue weighted by molar-refractivity contribution is 0.911. The van der Waals surface area contributed by atoms with Crippen LogP contribution in [-0.2, 0) is 19.3 Å². The molecule has 0 saturated heterocycles. The largest absolute Gasteiger partial charge is 0.192 e. The molecule has 1 nitrogen and oxygen atoms in total. The minimum absolute atomic E-state index is 0.772. The van der Waals surface area contributed by atoms with Crippen molar-refractivity contribution in [1.29, 1.82) is 5.26 Å². The van der Waals surface area contributed by atoms with Crippen molar-refractivity contribution in [3.8, 4) is 6.07 Å². The van der Waals surface area contributed by atoms with Crippen molar-refractivity contribution < 1.29 is 0 Å². The maximum Gasteiger partial charge on any atom is 0.0994 e. The molecule has 0 heterocycles. The molecule has 3 rings (SSSR count). The van der Waals surface area contributed by atoms with Gasteiger partial charge in [0, 0.05) is 9.81 Å². The van der Waals surface area contributed by atoms with Crippen LogP contribution in [0.2, 0.25) is 0 Å². The number of benzene rings is 2. The molecule has 0 aliphatic heterocycles. The van der Waals surface area contributed by atoms with Gasteiger partial charge in [-0.05, 0) is 66.5 Å². The quantitative estimate of drug-likeness (QED) is 0.568. The Labute approximate surface area is 161 Å². The molecule has 0 spiro atoms. The van der Waals surface area contributed by atoms with E-state index in [1.807, 2.05) is 6.07 Å². The average Bonchev–Trinajstić information content (AvgIpc) is 3.15. The van der Waals surface area contributed by atoms with E-state index in [4.69, 9.17) is 0 Å². The van der Waals surface area contributed by atoms with E-state index in [1.54, 1.807) is 11.8 Å². The minimum Gasteiger partial charge on any atom is -0.192 e. The van der Waals surface area contributed by atoms with Crippen molar-refractivity contribution >= 4 is 21.6 Å². The highest BCUT2D eigenvalue weighted by molar-refractivity contribution is 8.16. The first-order valence-electron chi connectivity index (χ1n) is 9.35. The van der Waals surface area contributed by atoms with Crippen LogP contribution in [0.25, 0.3) is 9.81 Å². The summed E-state index contributed by atoms with van der Waals surface area (Å²) in [6.45, 7) is 8.53. The summed E-state index contributed by atoms with van der Waals surface area (Å²) in [5.74, 6) is 0. The predicted molar refractivity (Wildman–Crippen MR) is 114 cm³/mol. The Bertz CT molecular complexity index is 899. The first-order valence-corrected chi connectivity index (χ1v) is 10.2. The molecule has 2 aromatic carbocycles. The summed E-state index contributed by atoms with van der Waals surface area (Å²) < 4.78 is 0. The number of nitriles is 1. The zero-order valence-electron chi connectivity index (χ0n) is 15.6. The molecular formula is C24H25NS. The monoisotopic (exact) mass is 359 g/mol. The Morgan fingerprint density at radius 2 is 2.12 bits per heavy atom. The van der Waals surface area contributed by atoms with E-state index in [0.717, 1.165) is 34.4 Å². The van der Waals surface area contributed by atoms with Crippen LogP contribution < -0.4 is 0 Å². The zero-order valence-corrected chi connectivity index (χ0v) is 16.5. The van der Waals surface area contributed by atoms with Crippen molar-refractivity contribution in [1.82, 2.24) is 0 Å². The number of nitrogens with zero attached hydrogens (tertiary/aromatic N) is 1.